The van der Waals surface area contributed by atoms with Gasteiger partial charge in [0.1, 0.15) is 23.2 Å². The van der Waals surface area contributed by atoms with Crippen LogP contribution in [-0.4, -0.2) is 52.2 Å². The summed E-state index contributed by atoms with van der Waals surface area (Å²) in [5.41, 5.74) is 2.10. The Hall–Kier alpha value is -4.05. The third-order valence-electron chi connectivity index (χ3n) is 4.94. The number of ether oxygens (including phenoxy) is 1. The van der Waals surface area contributed by atoms with Gasteiger partial charge in [0.15, 0.2) is 5.78 Å². The Kier molecular flexibility index (Phi) is 6.16. The van der Waals surface area contributed by atoms with E-state index in [1.165, 1.54) is 16.8 Å². The van der Waals surface area contributed by atoms with Crippen molar-refractivity contribution in [2.75, 3.05) is 29.6 Å². The predicted molar refractivity (Wildman–Crippen MR) is 117 cm³/mol. The molecule has 0 fully saturated rings. The van der Waals surface area contributed by atoms with E-state index in [1.807, 2.05) is 30.3 Å². The van der Waals surface area contributed by atoms with Crippen molar-refractivity contribution in [3.8, 4) is 17.5 Å². The van der Waals surface area contributed by atoms with Crippen molar-refractivity contribution in [2.24, 2.45) is 0 Å². The monoisotopic (exact) mass is 487 g/mol. The Morgan fingerprint density at radius 2 is 1.71 bits per heavy atom. The first-order chi connectivity index (χ1) is 16.2. The smallest absolute Gasteiger partial charge is 0.406 e. The molecule has 0 radical (unpaired) electrons. The number of nitrogens with zero attached hydrogens (tertiary/aromatic N) is 7. The number of Topliss-reactive ketones (excluding diaryl/α,β-unsaturated/α-hetero) is 1. The summed E-state index contributed by atoms with van der Waals surface area (Å²) in [5.74, 6) is -0.462. The number of carbonyl (C=O) groups is 1. The molecule has 0 unspecified atom stereocenters. The van der Waals surface area contributed by atoms with Gasteiger partial charge in [0.2, 0.25) is 5.16 Å². The molecule has 13 heteroatoms. The van der Waals surface area contributed by atoms with Gasteiger partial charge in [0.25, 0.3) is 0 Å². The molecule has 1 aliphatic heterocycles. The van der Waals surface area contributed by atoms with Crippen molar-refractivity contribution in [3.05, 3.63) is 59.9 Å². The van der Waals surface area contributed by atoms with Crippen LogP contribution in [-0.2, 0) is 4.79 Å². The average Bonchev–Trinajstić information content (AvgIpc) is 3.37. The molecule has 0 N–H and O–H groups in total. The van der Waals surface area contributed by atoms with Gasteiger partial charge in [-0.3, -0.25) is 4.79 Å². The first-order valence-electron chi connectivity index (χ1n) is 9.71. The zero-order valence-electron chi connectivity index (χ0n) is 17.8. The molecule has 0 saturated heterocycles. The van der Waals surface area contributed by atoms with E-state index in [0.29, 0.717) is 11.5 Å². The Morgan fingerprint density at radius 1 is 1.09 bits per heavy atom. The lowest BCUT2D eigenvalue weighted by Crippen LogP contribution is -2.26. The maximum Gasteiger partial charge on any atom is 0.573 e. The quantitative estimate of drug-likeness (QED) is 0.294. The topological polar surface area (TPSA) is 100 Å². The fourth-order valence-electron chi connectivity index (χ4n) is 3.48. The van der Waals surface area contributed by atoms with E-state index in [9.17, 15) is 23.2 Å². The van der Waals surface area contributed by atoms with Crippen molar-refractivity contribution in [1.82, 2.24) is 20.2 Å². The molecule has 1 aromatic heterocycles. The molecular weight excluding hydrogens is 471 g/mol. The number of benzene rings is 2. The van der Waals surface area contributed by atoms with Crippen molar-refractivity contribution < 1.29 is 22.7 Å². The molecule has 3 aromatic rings. The van der Waals surface area contributed by atoms with Gasteiger partial charge in [0.05, 0.1) is 22.8 Å². The van der Waals surface area contributed by atoms with Gasteiger partial charge in [0, 0.05) is 14.1 Å². The van der Waals surface area contributed by atoms with Crippen LogP contribution in [0.1, 0.15) is 0 Å². The second kappa shape index (κ2) is 9.06. The SMILES string of the molecule is CN1C(=C(C#N)C(=O)CSc2nnnn2-c2ccc(OC(F)(F)F)cc2)N(C)c2ccccc21. The first-order valence-corrected chi connectivity index (χ1v) is 10.7. The van der Waals surface area contributed by atoms with Gasteiger partial charge in [-0.25, -0.2) is 0 Å². The highest BCUT2D eigenvalue weighted by atomic mass is 32.2. The number of hydrogen-bond donors (Lipinski definition) is 0. The maximum atomic E-state index is 13.0. The number of tetrazole rings is 1. The third-order valence-corrected chi connectivity index (χ3v) is 5.86. The molecule has 0 aliphatic carbocycles. The molecule has 0 saturated carbocycles. The summed E-state index contributed by atoms with van der Waals surface area (Å²) in [6.07, 6.45) is -4.80. The van der Waals surface area contributed by atoms with E-state index >= 15 is 0 Å². The molecule has 2 heterocycles. The van der Waals surface area contributed by atoms with Crippen LogP contribution < -0.4 is 14.5 Å². The Labute approximate surface area is 196 Å². The van der Waals surface area contributed by atoms with E-state index in [2.05, 4.69) is 20.3 Å². The molecular formula is C21H16F3N7O2S. The highest BCUT2D eigenvalue weighted by Crippen LogP contribution is 2.40. The number of para-hydroxylation sites is 2. The molecule has 0 amide bonds. The number of nitriles is 1. The van der Waals surface area contributed by atoms with Crippen LogP contribution in [0.15, 0.2) is 65.1 Å². The van der Waals surface area contributed by atoms with Gasteiger partial charge < -0.3 is 14.5 Å². The average molecular weight is 487 g/mol. The van der Waals surface area contributed by atoms with E-state index in [4.69, 9.17) is 0 Å². The molecule has 2 aromatic carbocycles. The van der Waals surface area contributed by atoms with E-state index in [1.54, 1.807) is 23.9 Å². The summed E-state index contributed by atoms with van der Waals surface area (Å²) in [5, 5.41) is 21.3. The van der Waals surface area contributed by atoms with Crippen molar-refractivity contribution in [3.63, 3.8) is 0 Å². The minimum Gasteiger partial charge on any atom is -0.406 e. The molecule has 174 valence electrons. The van der Waals surface area contributed by atoms with Crippen LogP contribution >= 0.6 is 11.8 Å². The predicted octanol–water partition coefficient (Wildman–Crippen LogP) is 3.54. The number of allylic oxidation sites excluding steroid dienone is 1. The van der Waals surface area contributed by atoms with Crippen LogP contribution in [0.4, 0.5) is 24.5 Å². The van der Waals surface area contributed by atoms with Gasteiger partial charge in [-0.05, 0) is 46.8 Å². The van der Waals surface area contributed by atoms with Crippen LogP contribution in [0.5, 0.6) is 5.75 Å². The second-order valence-corrected chi connectivity index (χ2v) is 7.99. The lowest BCUT2D eigenvalue weighted by atomic mass is 10.2. The number of carbonyl (C=O) groups excluding carboxylic acids is 1. The lowest BCUT2D eigenvalue weighted by molar-refractivity contribution is -0.274. The largest absolute Gasteiger partial charge is 0.573 e. The molecule has 1 aliphatic rings. The van der Waals surface area contributed by atoms with Crippen LogP contribution in [0.25, 0.3) is 5.69 Å². The fraction of sp³-hybridized carbons (Fsp3) is 0.190. The molecule has 0 bridgehead atoms. The summed E-state index contributed by atoms with van der Waals surface area (Å²) in [4.78, 5) is 16.5. The summed E-state index contributed by atoms with van der Waals surface area (Å²) < 4.78 is 42.2. The molecule has 9 nitrogen and oxygen atoms in total. The van der Waals surface area contributed by atoms with Crippen molar-refractivity contribution in [1.29, 1.82) is 5.26 Å². The summed E-state index contributed by atoms with van der Waals surface area (Å²) in [7, 11) is 3.56. The Bertz CT molecular complexity index is 1270. The zero-order chi connectivity index (χ0) is 24.5. The molecule has 4 rings (SSSR count). The Balaban J connectivity index is 1.51. The number of aromatic nitrogens is 4. The van der Waals surface area contributed by atoms with Gasteiger partial charge in [-0.2, -0.15) is 9.94 Å². The number of rotatable bonds is 6. The van der Waals surface area contributed by atoms with E-state index in [-0.39, 0.29) is 22.2 Å². The summed E-state index contributed by atoms with van der Waals surface area (Å²) in [6.45, 7) is 0. The maximum absolute atomic E-state index is 13.0. The Morgan fingerprint density at radius 3 is 2.26 bits per heavy atom. The highest BCUT2D eigenvalue weighted by Gasteiger charge is 2.32. The number of ketones is 1. The van der Waals surface area contributed by atoms with Crippen LogP contribution in [0, 0.1) is 11.3 Å². The molecule has 34 heavy (non-hydrogen) atoms. The van der Waals surface area contributed by atoms with Crippen LogP contribution in [0.2, 0.25) is 0 Å². The van der Waals surface area contributed by atoms with Gasteiger partial charge in [-0.15, -0.1) is 18.3 Å². The normalized spacial score (nSPS) is 13.0. The number of thioether (sulfide) groups is 1. The number of halogens is 3. The van der Waals surface area contributed by atoms with Crippen LogP contribution in [0.3, 0.4) is 0 Å². The molecule has 0 spiro atoms. The molecule has 0 atom stereocenters. The standard InChI is InChI=1S/C21H16F3N7O2S/c1-29-16-5-3-4-6-17(16)30(2)19(29)15(11-25)18(32)12-34-20-26-27-28-31(20)13-7-9-14(10-8-13)33-21(22,23)24/h3-10H,12H2,1-2H3. The summed E-state index contributed by atoms with van der Waals surface area (Å²) >= 11 is 1.00. The first kappa shape index (κ1) is 23.1. The van der Waals surface area contributed by atoms with E-state index < -0.39 is 12.1 Å². The third kappa shape index (κ3) is 4.53. The second-order valence-electron chi connectivity index (χ2n) is 7.04. The number of hydrogen-bond acceptors (Lipinski definition) is 9. The minimum absolute atomic E-state index is 0.0126. The number of anilines is 2. The van der Waals surface area contributed by atoms with Crippen molar-refractivity contribution >= 4 is 28.9 Å². The number of alkyl halides is 3. The zero-order valence-corrected chi connectivity index (χ0v) is 18.6. The van der Waals surface area contributed by atoms with Crippen molar-refractivity contribution in [2.45, 2.75) is 11.5 Å². The highest BCUT2D eigenvalue weighted by molar-refractivity contribution is 7.99. The van der Waals surface area contributed by atoms with Gasteiger partial charge >= 0.3 is 6.36 Å². The van der Waals surface area contributed by atoms with Gasteiger partial charge in [-0.1, -0.05) is 23.9 Å². The summed E-state index contributed by atoms with van der Waals surface area (Å²) in [6, 6.07) is 14.5. The minimum atomic E-state index is -4.80. The van der Waals surface area contributed by atoms with E-state index in [0.717, 1.165) is 35.3 Å². The fourth-order valence-corrected chi connectivity index (χ4v) is 4.24. The lowest BCUT2D eigenvalue weighted by Gasteiger charge is -2.19. The number of fused-ring (bicyclic) bond motifs is 1.